The zero-order valence-electron chi connectivity index (χ0n) is 20.0. The second-order valence-electron chi connectivity index (χ2n) is 8.21. The first-order chi connectivity index (χ1) is 15.5. The molecule has 0 radical (unpaired) electrons. The topological polar surface area (TPSA) is 72.7 Å². The first-order valence-corrected chi connectivity index (χ1v) is 10.7. The number of nitrogens with one attached hydrogen (secondary N) is 2. The summed E-state index contributed by atoms with van der Waals surface area (Å²) < 4.78 is 12.8. The van der Waals surface area contributed by atoms with E-state index in [0.717, 1.165) is 29.6 Å². The number of hydrogen-bond acceptors (Lipinski definition) is 4. The quantitative estimate of drug-likeness (QED) is 0.232. The maximum absolute atomic E-state index is 5.47. The van der Waals surface area contributed by atoms with Gasteiger partial charge in [-0.25, -0.2) is 0 Å². The number of methoxy groups -OCH3 is 2. The molecule has 0 bridgehead atoms. The Hall–Kier alpha value is -2.75. The lowest BCUT2D eigenvalue weighted by molar-refractivity contribution is 0.353. The van der Waals surface area contributed by atoms with E-state index in [1.54, 1.807) is 27.5 Å². The number of hydrogen-bond donors (Lipinski definition) is 2. The molecule has 0 unspecified atom stereocenters. The third kappa shape index (κ3) is 7.12. The van der Waals surface area contributed by atoms with Gasteiger partial charge >= 0.3 is 0 Å². The summed E-state index contributed by atoms with van der Waals surface area (Å²) in [6.45, 7) is 6.50. The van der Waals surface area contributed by atoms with Crippen molar-refractivity contribution in [1.82, 2.24) is 20.4 Å². The van der Waals surface area contributed by atoms with E-state index in [-0.39, 0.29) is 29.4 Å². The van der Waals surface area contributed by atoms with Gasteiger partial charge in [0.25, 0.3) is 0 Å². The summed E-state index contributed by atoms with van der Waals surface area (Å²) in [5.74, 6) is 2.22. The number of ether oxygens (including phenoxy) is 2. The van der Waals surface area contributed by atoms with Gasteiger partial charge in [0.1, 0.15) is 0 Å². The highest BCUT2D eigenvalue weighted by Gasteiger charge is 2.22. The van der Waals surface area contributed by atoms with E-state index in [4.69, 9.17) is 9.47 Å². The van der Waals surface area contributed by atoms with E-state index in [1.165, 1.54) is 11.1 Å². The molecule has 0 spiro atoms. The third-order valence-electron chi connectivity index (χ3n) is 5.54. The molecule has 3 aromatic rings. The first kappa shape index (κ1) is 26.5. The highest BCUT2D eigenvalue weighted by atomic mass is 127. The highest BCUT2D eigenvalue weighted by molar-refractivity contribution is 14.0. The van der Waals surface area contributed by atoms with Crippen LogP contribution in [0.1, 0.15) is 30.5 Å². The Kier molecular flexibility index (Phi) is 10.0. The Balaban J connectivity index is 0.00000385. The van der Waals surface area contributed by atoms with Gasteiger partial charge in [0.15, 0.2) is 17.5 Å². The van der Waals surface area contributed by atoms with Crippen LogP contribution in [0.25, 0.3) is 0 Å². The summed E-state index contributed by atoms with van der Waals surface area (Å²) >= 11 is 0. The van der Waals surface area contributed by atoms with Crippen molar-refractivity contribution in [2.75, 3.05) is 27.8 Å². The normalized spacial score (nSPS) is 11.5. The van der Waals surface area contributed by atoms with Crippen LogP contribution in [-0.4, -0.2) is 43.6 Å². The maximum atomic E-state index is 5.47. The SMILES string of the molecule is CN=C(NCc1ccccc1Cn1cccn1)NCC(C)(C)c1ccc(OC)c(OC)c1.I. The van der Waals surface area contributed by atoms with Crippen molar-refractivity contribution in [1.29, 1.82) is 0 Å². The molecule has 178 valence electrons. The zero-order valence-corrected chi connectivity index (χ0v) is 22.3. The molecule has 8 heteroatoms. The van der Waals surface area contributed by atoms with E-state index >= 15 is 0 Å². The molecule has 1 heterocycles. The zero-order chi connectivity index (χ0) is 23.0. The Morgan fingerprint density at radius 3 is 2.36 bits per heavy atom. The van der Waals surface area contributed by atoms with Crippen LogP contribution in [0.5, 0.6) is 11.5 Å². The Bertz CT molecular complexity index is 1040. The van der Waals surface area contributed by atoms with Crippen LogP contribution in [0, 0.1) is 0 Å². The first-order valence-electron chi connectivity index (χ1n) is 10.7. The molecule has 0 aliphatic rings. The summed E-state index contributed by atoms with van der Waals surface area (Å²) in [5.41, 5.74) is 3.45. The Labute approximate surface area is 213 Å². The summed E-state index contributed by atoms with van der Waals surface area (Å²) in [6.07, 6.45) is 3.77. The van der Waals surface area contributed by atoms with Crippen LogP contribution >= 0.6 is 24.0 Å². The van der Waals surface area contributed by atoms with Crippen LogP contribution in [0.15, 0.2) is 65.9 Å². The number of aliphatic imine (C=N–C) groups is 1. The van der Waals surface area contributed by atoms with Crippen molar-refractivity contribution < 1.29 is 9.47 Å². The van der Waals surface area contributed by atoms with Gasteiger partial charge in [-0.3, -0.25) is 9.67 Å². The predicted molar refractivity (Wildman–Crippen MR) is 144 cm³/mol. The fourth-order valence-corrected chi connectivity index (χ4v) is 3.52. The standard InChI is InChI=1S/C25H33N5O2.HI/c1-25(2,21-11-12-22(31-4)23(15-21)32-5)18-28-24(26-3)27-16-19-9-6-7-10-20(19)17-30-14-8-13-29-30;/h6-15H,16-18H2,1-5H3,(H2,26,27,28);1H. The minimum Gasteiger partial charge on any atom is -0.493 e. The maximum Gasteiger partial charge on any atom is 0.191 e. The smallest absolute Gasteiger partial charge is 0.191 e. The van der Waals surface area contributed by atoms with E-state index in [1.807, 2.05) is 29.1 Å². The van der Waals surface area contributed by atoms with Crippen molar-refractivity contribution in [2.45, 2.75) is 32.4 Å². The van der Waals surface area contributed by atoms with Crippen LogP contribution < -0.4 is 20.1 Å². The monoisotopic (exact) mass is 563 g/mol. The lowest BCUT2D eigenvalue weighted by Gasteiger charge is -2.27. The molecule has 0 aliphatic carbocycles. The van der Waals surface area contributed by atoms with Crippen LogP contribution in [0.3, 0.4) is 0 Å². The fourth-order valence-electron chi connectivity index (χ4n) is 3.52. The summed E-state index contributed by atoms with van der Waals surface area (Å²) in [5, 5.41) is 11.2. The van der Waals surface area contributed by atoms with Crippen LogP contribution in [0.4, 0.5) is 0 Å². The average molecular weight is 563 g/mol. The number of benzene rings is 2. The van der Waals surface area contributed by atoms with E-state index in [2.05, 4.69) is 64.9 Å². The van der Waals surface area contributed by atoms with E-state index in [0.29, 0.717) is 13.1 Å². The molecule has 0 saturated heterocycles. The van der Waals surface area contributed by atoms with Gasteiger partial charge in [0.2, 0.25) is 0 Å². The number of guanidine groups is 1. The van der Waals surface area contributed by atoms with E-state index < -0.39 is 0 Å². The number of aromatic nitrogens is 2. The molecule has 7 nitrogen and oxygen atoms in total. The summed E-state index contributed by atoms with van der Waals surface area (Å²) in [6, 6.07) is 16.4. The van der Waals surface area contributed by atoms with Gasteiger partial charge in [-0.05, 0) is 34.9 Å². The van der Waals surface area contributed by atoms with Crippen molar-refractivity contribution >= 4 is 29.9 Å². The second kappa shape index (κ2) is 12.5. The molecule has 2 N–H and O–H groups in total. The second-order valence-corrected chi connectivity index (χ2v) is 8.21. The molecule has 0 aliphatic heterocycles. The number of halogens is 1. The lowest BCUT2D eigenvalue weighted by Crippen LogP contribution is -2.43. The average Bonchev–Trinajstić information content (AvgIpc) is 3.32. The molecular formula is C25H34IN5O2. The van der Waals surface area contributed by atoms with Gasteiger partial charge < -0.3 is 20.1 Å². The molecule has 1 aromatic heterocycles. The lowest BCUT2D eigenvalue weighted by atomic mass is 9.84. The minimum atomic E-state index is -0.144. The molecule has 2 aromatic carbocycles. The molecule has 3 rings (SSSR count). The molecule has 0 atom stereocenters. The Morgan fingerprint density at radius 2 is 1.73 bits per heavy atom. The van der Waals surface area contributed by atoms with Crippen molar-refractivity contribution in [3.05, 3.63) is 77.6 Å². The van der Waals surface area contributed by atoms with E-state index in [9.17, 15) is 0 Å². The summed E-state index contributed by atoms with van der Waals surface area (Å²) in [4.78, 5) is 4.40. The molecule has 33 heavy (non-hydrogen) atoms. The highest BCUT2D eigenvalue weighted by Crippen LogP contribution is 2.32. The van der Waals surface area contributed by atoms with Gasteiger partial charge in [-0.1, -0.05) is 44.2 Å². The molecule has 0 fully saturated rings. The van der Waals surface area contributed by atoms with Crippen molar-refractivity contribution in [3.8, 4) is 11.5 Å². The van der Waals surface area contributed by atoms with Crippen molar-refractivity contribution in [2.24, 2.45) is 4.99 Å². The Morgan fingerprint density at radius 1 is 1.00 bits per heavy atom. The number of nitrogens with zero attached hydrogens (tertiary/aromatic N) is 3. The van der Waals surface area contributed by atoms with Crippen LogP contribution in [-0.2, 0) is 18.5 Å². The molecular weight excluding hydrogens is 529 g/mol. The number of rotatable bonds is 9. The third-order valence-corrected chi connectivity index (χ3v) is 5.54. The van der Waals surface area contributed by atoms with Gasteiger partial charge in [-0.15, -0.1) is 24.0 Å². The fraction of sp³-hybridized carbons (Fsp3) is 0.360. The van der Waals surface area contributed by atoms with Crippen LogP contribution in [0.2, 0.25) is 0 Å². The van der Waals surface area contributed by atoms with Gasteiger partial charge in [0.05, 0.1) is 20.8 Å². The largest absolute Gasteiger partial charge is 0.493 e. The van der Waals surface area contributed by atoms with Gasteiger partial charge in [-0.2, -0.15) is 5.10 Å². The van der Waals surface area contributed by atoms with Crippen molar-refractivity contribution in [3.63, 3.8) is 0 Å². The molecule has 0 amide bonds. The molecule has 0 saturated carbocycles. The summed E-state index contributed by atoms with van der Waals surface area (Å²) in [7, 11) is 5.09. The predicted octanol–water partition coefficient (Wildman–Crippen LogP) is 4.21. The minimum absolute atomic E-state index is 0. The van der Waals surface area contributed by atoms with Gasteiger partial charge in [0, 0.05) is 37.9 Å².